The quantitative estimate of drug-likeness (QED) is 0.497. The lowest BCUT2D eigenvalue weighted by Crippen LogP contribution is -2.31. The van der Waals surface area contributed by atoms with Gasteiger partial charge in [-0.2, -0.15) is 0 Å². The molecule has 172 valence electrons. The fourth-order valence-electron chi connectivity index (χ4n) is 3.76. The molecule has 9 heteroatoms. The Morgan fingerprint density at radius 2 is 1.64 bits per heavy atom. The van der Waals surface area contributed by atoms with E-state index < -0.39 is 33.5 Å². The van der Waals surface area contributed by atoms with Crippen LogP contribution in [0.1, 0.15) is 35.2 Å². The molecule has 0 aliphatic carbocycles. The number of hydrogen-bond acceptors (Lipinski definition) is 4. The molecule has 0 radical (unpaired) electrons. The molecule has 1 aliphatic heterocycles. The van der Waals surface area contributed by atoms with E-state index in [1.54, 1.807) is 6.92 Å². The number of urea groups is 1. The summed E-state index contributed by atoms with van der Waals surface area (Å²) >= 11 is 0. The van der Waals surface area contributed by atoms with Gasteiger partial charge in [-0.25, -0.2) is 22.0 Å². The van der Waals surface area contributed by atoms with E-state index in [1.165, 1.54) is 29.8 Å². The lowest BCUT2D eigenvalue weighted by molar-refractivity contribution is 0.249. The number of carbonyl (C=O) groups excluding carboxylic acids is 1. The second-order valence-corrected chi connectivity index (χ2v) is 10.0. The van der Waals surface area contributed by atoms with E-state index >= 15 is 0 Å². The molecule has 1 aliphatic rings. The Bertz CT molecular complexity index is 1270. The molecular weight excluding hydrogens is 448 g/mol. The predicted molar refractivity (Wildman–Crippen MR) is 121 cm³/mol. The second kappa shape index (κ2) is 9.29. The number of rotatable bonds is 6. The summed E-state index contributed by atoms with van der Waals surface area (Å²) < 4.78 is 52.4. The minimum absolute atomic E-state index is 0.116. The first kappa shape index (κ1) is 22.9. The van der Waals surface area contributed by atoms with Crippen LogP contribution in [0.4, 0.5) is 19.3 Å². The number of halogens is 2. The molecule has 3 aromatic rings. The van der Waals surface area contributed by atoms with Gasteiger partial charge in [0.25, 0.3) is 0 Å². The Balaban J connectivity index is 1.38. The summed E-state index contributed by atoms with van der Waals surface area (Å²) in [4.78, 5) is 12.4. The van der Waals surface area contributed by atoms with E-state index in [4.69, 9.17) is 0 Å². The molecule has 1 unspecified atom stereocenters. The second-order valence-electron chi connectivity index (χ2n) is 8.01. The Kier molecular flexibility index (Phi) is 6.44. The molecule has 0 spiro atoms. The zero-order chi connectivity index (χ0) is 23.6. The maximum atomic E-state index is 13.4. The van der Waals surface area contributed by atoms with Crippen LogP contribution in [0.2, 0.25) is 0 Å². The van der Waals surface area contributed by atoms with Gasteiger partial charge in [0, 0.05) is 24.8 Å². The standard InChI is InChI=1S/C24H23F2N3O3S/c1-15(18-9-20(25)11-21(26)10-18)28-24(30)29-22-4-6-23(7-5-22)33(31,32)14-16-2-3-17-12-27-13-19(17)8-16/h2-11,15,27H,12-14H2,1H3,(H2,28,29,30). The minimum Gasteiger partial charge on any atom is -0.331 e. The summed E-state index contributed by atoms with van der Waals surface area (Å²) in [5.74, 6) is -1.57. The van der Waals surface area contributed by atoms with Crippen LogP contribution in [0.25, 0.3) is 0 Å². The van der Waals surface area contributed by atoms with Gasteiger partial charge in [0.05, 0.1) is 16.7 Å². The van der Waals surface area contributed by atoms with E-state index in [-0.39, 0.29) is 16.2 Å². The number of hydrogen-bond donors (Lipinski definition) is 3. The van der Waals surface area contributed by atoms with Crippen LogP contribution < -0.4 is 16.0 Å². The lowest BCUT2D eigenvalue weighted by atomic mass is 10.1. The van der Waals surface area contributed by atoms with Crippen molar-refractivity contribution < 1.29 is 22.0 Å². The number of nitrogens with one attached hydrogen (secondary N) is 3. The summed E-state index contributed by atoms with van der Waals surface area (Å²) in [6, 6.07) is 13.4. The van der Waals surface area contributed by atoms with Crippen molar-refractivity contribution in [3.8, 4) is 0 Å². The topological polar surface area (TPSA) is 87.3 Å². The minimum atomic E-state index is -3.56. The molecule has 0 aromatic heterocycles. The first-order chi connectivity index (χ1) is 15.7. The van der Waals surface area contributed by atoms with E-state index in [9.17, 15) is 22.0 Å². The fraction of sp³-hybridized carbons (Fsp3) is 0.208. The summed E-state index contributed by atoms with van der Waals surface area (Å²) in [6.07, 6.45) is 0. The fourth-order valence-corrected chi connectivity index (χ4v) is 5.09. The Morgan fingerprint density at radius 1 is 0.970 bits per heavy atom. The van der Waals surface area contributed by atoms with Crippen LogP contribution in [0, 0.1) is 11.6 Å². The average Bonchev–Trinajstić information content (AvgIpc) is 3.21. The zero-order valence-corrected chi connectivity index (χ0v) is 18.7. The van der Waals surface area contributed by atoms with Crippen molar-refractivity contribution in [2.75, 3.05) is 5.32 Å². The van der Waals surface area contributed by atoms with Gasteiger partial charge in [0.2, 0.25) is 0 Å². The van der Waals surface area contributed by atoms with Crippen LogP contribution in [0.15, 0.2) is 65.6 Å². The third-order valence-corrected chi connectivity index (χ3v) is 7.17. The highest BCUT2D eigenvalue weighted by atomic mass is 32.2. The number of amides is 2. The molecule has 4 rings (SSSR count). The summed E-state index contributed by atoms with van der Waals surface area (Å²) in [7, 11) is -3.56. The van der Waals surface area contributed by atoms with E-state index in [0.29, 0.717) is 5.69 Å². The van der Waals surface area contributed by atoms with Crippen molar-refractivity contribution in [3.05, 3.63) is 94.6 Å². The van der Waals surface area contributed by atoms with Gasteiger partial charge in [-0.3, -0.25) is 0 Å². The van der Waals surface area contributed by atoms with Gasteiger partial charge >= 0.3 is 6.03 Å². The lowest BCUT2D eigenvalue weighted by Gasteiger charge is -2.15. The molecule has 3 aromatic carbocycles. The third kappa shape index (κ3) is 5.55. The normalized spacial score (nSPS) is 13.9. The zero-order valence-electron chi connectivity index (χ0n) is 17.9. The largest absolute Gasteiger partial charge is 0.331 e. The summed E-state index contributed by atoms with van der Waals surface area (Å²) in [5.41, 5.74) is 3.69. The maximum absolute atomic E-state index is 13.4. The number of sulfone groups is 1. The molecule has 0 fully saturated rings. The van der Waals surface area contributed by atoms with Crippen LogP contribution in [-0.4, -0.2) is 14.4 Å². The maximum Gasteiger partial charge on any atom is 0.319 e. The molecule has 33 heavy (non-hydrogen) atoms. The Morgan fingerprint density at radius 3 is 2.33 bits per heavy atom. The first-order valence-corrected chi connectivity index (χ1v) is 12.0. The van der Waals surface area contributed by atoms with Crippen molar-refractivity contribution in [2.45, 2.75) is 36.7 Å². The van der Waals surface area contributed by atoms with Gasteiger partial charge < -0.3 is 16.0 Å². The van der Waals surface area contributed by atoms with Crippen LogP contribution in [0.5, 0.6) is 0 Å². The monoisotopic (exact) mass is 471 g/mol. The van der Waals surface area contributed by atoms with Gasteiger partial charge in [0.1, 0.15) is 11.6 Å². The predicted octanol–water partition coefficient (Wildman–Crippen LogP) is 4.42. The molecule has 0 saturated carbocycles. The first-order valence-electron chi connectivity index (χ1n) is 10.4. The number of carbonyl (C=O) groups is 1. The van der Waals surface area contributed by atoms with Crippen LogP contribution >= 0.6 is 0 Å². The molecule has 2 amide bonds. The number of benzene rings is 3. The summed E-state index contributed by atoms with van der Waals surface area (Å²) in [5, 5.41) is 8.41. The van der Waals surface area contributed by atoms with Crippen molar-refractivity contribution >= 4 is 21.6 Å². The number of fused-ring (bicyclic) bond motifs is 1. The molecule has 0 bridgehead atoms. The van der Waals surface area contributed by atoms with Crippen LogP contribution in [0.3, 0.4) is 0 Å². The summed E-state index contributed by atoms with van der Waals surface area (Å²) in [6.45, 7) is 3.12. The van der Waals surface area contributed by atoms with E-state index in [0.717, 1.165) is 42.4 Å². The van der Waals surface area contributed by atoms with Crippen molar-refractivity contribution in [1.29, 1.82) is 0 Å². The SMILES string of the molecule is CC(NC(=O)Nc1ccc(S(=O)(=O)Cc2ccc3c(c2)CNC3)cc1)c1cc(F)cc(F)c1. The molecule has 6 nitrogen and oxygen atoms in total. The Labute approximate surface area is 190 Å². The highest BCUT2D eigenvalue weighted by molar-refractivity contribution is 7.90. The highest BCUT2D eigenvalue weighted by Gasteiger charge is 2.18. The average molecular weight is 472 g/mol. The molecule has 0 saturated heterocycles. The third-order valence-electron chi connectivity index (χ3n) is 5.46. The van der Waals surface area contributed by atoms with Gasteiger partial charge in [-0.15, -0.1) is 0 Å². The van der Waals surface area contributed by atoms with Crippen LogP contribution in [-0.2, 0) is 28.7 Å². The molecule has 1 atom stereocenters. The van der Waals surface area contributed by atoms with Crippen molar-refractivity contribution in [1.82, 2.24) is 10.6 Å². The smallest absolute Gasteiger partial charge is 0.319 e. The Hall–Kier alpha value is -3.30. The molecular formula is C24H23F2N3O3S. The highest BCUT2D eigenvalue weighted by Crippen LogP contribution is 2.23. The number of anilines is 1. The van der Waals surface area contributed by atoms with E-state index in [2.05, 4.69) is 16.0 Å². The molecule has 3 N–H and O–H groups in total. The molecule has 1 heterocycles. The van der Waals surface area contributed by atoms with Crippen molar-refractivity contribution in [2.24, 2.45) is 0 Å². The van der Waals surface area contributed by atoms with Gasteiger partial charge in [-0.05, 0) is 65.6 Å². The van der Waals surface area contributed by atoms with Gasteiger partial charge in [0.15, 0.2) is 9.84 Å². The van der Waals surface area contributed by atoms with Crippen molar-refractivity contribution in [3.63, 3.8) is 0 Å². The van der Waals surface area contributed by atoms with E-state index in [1.807, 2.05) is 18.2 Å². The van der Waals surface area contributed by atoms with Gasteiger partial charge in [-0.1, -0.05) is 18.2 Å².